The monoisotopic (exact) mass is 578 g/mol. The molecule has 0 saturated carbocycles. The minimum Gasteiger partial charge on any atom is -0.463 e. The summed E-state index contributed by atoms with van der Waals surface area (Å²) < 4.78 is 10.7. The number of nitrogens with one attached hydrogen (secondary N) is 1. The number of rotatable bonds is 20. The van der Waals surface area contributed by atoms with E-state index in [0.717, 1.165) is 24.0 Å². The van der Waals surface area contributed by atoms with E-state index in [0.29, 0.717) is 6.42 Å². The number of aliphatic hydroxyl groups excluding tert-OH is 1. The Morgan fingerprint density at radius 2 is 1.57 bits per heavy atom. The van der Waals surface area contributed by atoms with Gasteiger partial charge in [-0.2, -0.15) is 0 Å². The topological polar surface area (TPSA) is 122 Å². The summed E-state index contributed by atoms with van der Waals surface area (Å²) in [5.41, 5.74) is 1.64. The van der Waals surface area contributed by atoms with Crippen molar-refractivity contribution in [1.29, 1.82) is 0 Å². The molecular formula is C33H42N2O7. The molecule has 2 aromatic carbocycles. The maximum Gasteiger partial charge on any atom is 0.332 e. The first kappa shape index (κ1) is 34.0. The fourth-order valence-electron chi connectivity index (χ4n) is 4.13. The summed E-state index contributed by atoms with van der Waals surface area (Å²) in [6.45, 7) is 7.09. The molecule has 0 unspecified atom stereocenters. The van der Waals surface area contributed by atoms with Crippen LogP contribution < -0.4 is 5.32 Å². The van der Waals surface area contributed by atoms with E-state index < -0.39 is 36.4 Å². The van der Waals surface area contributed by atoms with Gasteiger partial charge in [-0.25, -0.2) is 4.79 Å². The molecule has 2 N–H and O–H groups in total. The van der Waals surface area contributed by atoms with Crippen LogP contribution in [-0.4, -0.2) is 59.6 Å². The fourth-order valence-corrected chi connectivity index (χ4v) is 4.13. The molecule has 9 heteroatoms. The number of carbonyl (C=O) groups is 4. The van der Waals surface area contributed by atoms with E-state index in [2.05, 4.69) is 18.5 Å². The quantitative estimate of drug-likeness (QED) is 0.138. The van der Waals surface area contributed by atoms with Gasteiger partial charge in [0.05, 0.1) is 12.5 Å². The maximum atomic E-state index is 13.3. The Kier molecular flexibility index (Phi) is 16.0. The summed E-state index contributed by atoms with van der Waals surface area (Å²) in [4.78, 5) is 53.3. The largest absolute Gasteiger partial charge is 0.463 e. The first-order chi connectivity index (χ1) is 20.4. The van der Waals surface area contributed by atoms with Gasteiger partial charge in [0.1, 0.15) is 13.2 Å². The number of carbonyl (C=O) groups excluding carboxylic acids is 4. The predicted octanol–water partition coefficient (Wildman–Crippen LogP) is 4.11. The molecule has 0 radical (unpaired) electrons. The van der Waals surface area contributed by atoms with Crippen LogP contribution >= 0.6 is 0 Å². The van der Waals surface area contributed by atoms with Crippen LogP contribution in [0.3, 0.4) is 0 Å². The zero-order valence-electron chi connectivity index (χ0n) is 24.1. The Bertz CT molecular complexity index is 1140. The third kappa shape index (κ3) is 13.0. The zero-order valence-corrected chi connectivity index (χ0v) is 24.1. The van der Waals surface area contributed by atoms with E-state index in [4.69, 9.17) is 9.47 Å². The van der Waals surface area contributed by atoms with Gasteiger partial charge in [-0.15, -0.1) is 13.2 Å². The minimum atomic E-state index is -1.27. The lowest BCUT2D eigenvalue weighted by Gasteiger charge is -2.25. The molecule has 42 heavy (non-hydrogen) atoms. The van der Waals surface area contributed by atoms with E-state index in [1.54, 1.807) is 18.2 Å². The van der Waals surface area contributed by atoms with Crippen LogP contribution in [0.2, 0.25) is 0 Å². The van der Waals surface area contributed by atoms with Crippen molar-refractivity contribution in [3.63, 3.8) is 0 Å². The van der Waals surface area contributed by atoms with E-state index in [-0.39, 0.29) is 51.5 Å². The average molecular weight is 579 g/mol. The Hall–Kier alpha value is -4.24. The van der Waals surface area contributed by atoms with E-state index >= 15 is 0 Å². The number of amides is 2. The van der Waals surface area contributed by atoms with Crippen LogP contribution in [0.4, 0.5) is 0 Å². The summed E-state index contributed by atoms with van der Waals surface area (Å²) in [7, 11) is 0. The van der Waals surface area contributed by atoms with Gasteiger partial charge in [0, 0.05) is 25.9 Å². The average Bonchev–Trinajstić information content (AvgIpc) is 3.00. The van der Waals surface area contributed by atoms with E-state index in [9.17, 15) is 24.3 Å². The second kappa shape index (κ2) is 19.8. The highest BCUT2D eigenvalue weighted by atomic mass is 16.6. The van der Waals surface area contributed by atoms with Crippen LogP contribution in [0, 0.1) is 5.92 Å². The van der Waals surface area contributed by atoms with Crippen molar-refractivity contribution in [2.45, 2.75) is 57.7 Å². The summed E-state index contributed by atoms with van der Waals surface area (Å²) in [6, 6.07) is 17.1. The number of aliphatic hydroxyl groups is 1. The third-order valence-electron chi connectivity index (χ3n) is 6.46. The van der Waals surface area contributed by atoms with Gasteiger partial charge in [0.15, 0.2) is 6.04 Å². The van der Waals surface area contributed by atoms with Crippen molar-refractivity contribution in [2.24, 2.45) is 5.92 Å². The second-order valence-electron chi connectivity index (χ2n) is 9.82. The van der Waals surface area contributed by atoms with Crippen LogP contribution in [0.5, 0.6) is 0 Å². The first-order valence-electron chi connectivity index (χ1n) is 14.2. The Labute approximate surface area is 248 Å². The fraction of sp³-hybridized carbons (Fsp3) is 0.394. The molecule has 0 heterocycles. The highest BCUT2D eigenvalue weighted by Crippen LogP contribution is 2.15. The molecule has 0 bridgehead atoms. The molecule has 0 aliphatic carbocycles. The normalized spacial score (nSPS) is 11.9. The van der Waals surface area contributed by atoms with Crippen molar-refractivity contribution >= 4 is 23.8 Å². The van der Waals surface area contributed by atoms with E-state index in [1.165, 1.54) is 11.0 Å². The Morgan fingerprint density at radius 1 is 0.905 bits per heavy atom. The summed E-state index contributed by atoms with van der Waals surface area (Å²) in [6.07, 6.45) is 5.64. The molecule has 2 atom stereocenters. The number of allylic oxidation sites excluding steroid dienone is 2. The molecule has 0 fully saturated rings. The van der Waals surface area contributed by atoms with Crippen LogP contribution in [0.25, 0.3) is 0 Å². The molecule has 2 rings (SSSR count). The van der Waals surface area contributed by atoms with Gasteiger partial charge in [-0.1, -0.05) is 72.8 Å². The van der Waals surface area contributed by atoms with E-state index in [1.807, 2.05) is 48.5 Å². The van der Waals surface area contributed by atoms with Crippen molar-refractivity contribution in [1.82, 2.24) is 10.2 Å². The SMILES string of the molecule is C=CCCCCC(=O)OC[C@@H](NC(=O)[C@@H](CC=C)CC(=O)N(CCO)Cc1ccccc1)C(=O)OCc1ccccc1. The van der Waals surface area contributed by atoms with Crippen LogP contribution in [-0.2, 0) is 41.8 Å². The molecule has 2 aromatic rings. The van der Waals surface area contributed by atoms with Gasteiger partial charge in [-0.3, -0.25) is 14.4 Å². The highest BCUT2D eigenvalue weighted by Gasteiger charge is 2.30. The summed E-state index contributed by atoms with van der Waals surface area (Å²) in [5, 5.41) is 12.1. The van der Waals surface area contributed by atoms with Gasteiger partial charge >= 0.3 is 11.9 Å². The third-order valence-corrected chi connectivity index (χ3v) is 6.46. The minimum absolute atomic E-state index is 0.0221. The highest BCUT2D eigenvalue weighted by molar-refractivity contribution is 5.89. The number of benzene rings is 2. The molecular weight excluding hydrogens is 536 g/mol. The van der Waals surface area contributed by atoms with Gasteiger partial charge in [0.25, 0.3) is 0 Å². The van der Waals surface area contributed by atoms with Crippen molar-refractivity contribution < 1.29 is 33.8 Å². The van der Waals surface area contributed by atoms with Crippen molar-refractivity contribution in [2.75, 3.05) is 19.8 Å². The lowest BCUT2D eigenvalue weighted by molar-refractivity contribution is -0.155. The summed E-state index contributed by atoms with van der Waals surface area (Å²) in [5.74, 6) is -3.00. The molecule has 2 amide bonds. The number of unbranched alkanes of at least 4 members (excludes halogenated alkanes) is 2. The molecule has 0 aliphatic rings. The molecule has 0 saturated heterocycles. The number of ether oxygens (including phenoxy) is 2. The molecule has 0 spiro atoms. The maximum absolute atomic E-state index is 13.3. The Morgan fingerprint density at radius 3 is 2.19 bits per heavy atom. The molecule has 0 aromatic heterocycles. The molecule has 0 aliphatic heterocycles. The standard InChI is InChI=1S/C33H42N2O7/c1-3-5-6-13-19-31(38)41-25-29(33(40)42-24-27-17-11-8-12-18-27)34-32(39)28(14-4-2)22-30(37)35(20-21-36)23-26-15-9-7-10-16-26/h3-4,7-12,15-18,28-29,36H,1-2,5-6,13-14,19-25H2,(H,34,39)/t28-,29+/m0/s1. The first-order valence-corrected chi connectivity index (χ1v) is 14.2. The van der Waals surface area contributed by atoms with Crippen molar-refractivity contribution in [3.8, 4) is 0 Å². The summed E-state index contributed by atoms with van der Waals surface area (Å²) >= 11 is 0. The zero-order chi connectivity index (χ0) is 30.6. The second-order valence-corrected chi connectivity index (χ2v) is 9.82. The number of nitrogens with zero attached hydrogens (tertiary/aromatic N) is 1. The van der Waals surface area contributed by atoms with Crippen LogP contribution in [0.15, 0.2) is 86.0 Å². The Balaban J connectivity index is 2.09. The molecule has 226 valence electrons. The predicted molar refractivity (Wildman–Crippen MR) is 160 cm³/mol. The van der Waals surface area contributed by atoms with Crippen molar-refractivity contribution in [3.05, 3.63) is 97.1 Å². The van der Waals surface area contributed by atoms with Crippen LogP contribution in [0.1, 0.15) is 49.7 Å². The number of hydrogen-bond acceptors (Lipinski definition) is 7. The smallest absolute Gasteiger partial charge is 0.332 e. The van der Waals surface area contributed by atoms with Gasteiger partial charge in [-0.05, 0) is 36.8 Å². The lowest BCUT2D eigenvalue weighted by Crippen LogP contribution is -2.48. The lowest BCUT2D eigenvalue weighted by atomic mass is 9.98. The number of hydrogen-bond donors (Lipinski definition) is 2. The van der Waals surface area contributed by atoms with Gasteiger partial charge in [0.2, 0.25) is 11.8 Å². The number of esters is 2. The molecule has 9 nitrogen and oxygen atoms in total. The van der Waals surface area contributed by atoms with Gasteiger partial charge < -0.3 is 24.8 Å².